The van der Waals surface area contributed by atoms with Gasteiger partial charge in [-0.2, -0.15) is 5.26 Å². The monoisotopic (exact) mass is 347 g/mol. The first kappa shape index (κ1) is 15.8. The van der Waals surface area contributed by atoms with Gasteiger partial charge in [-0.05, 0) is 18.2 Å². The Hall–Kier alpha value is -3.66. The molecule has 0 fully saturated rings. The molecule has 26 heavy (non-hydrogen) atoms. The van der Waals surface area contributed by atoms with Crippen LogP contribution in [0.25, 0.3) is 11.0 Å². The number of ether oxygens (including phenoxy) is 2. The zero-order chi connectivity index (χ0) is 18.3. The molecule has 2 aromatic carbocycles. The molecule has 7 nitrogen and oxygen atoms in total. The van der Waals surface area contributed by atoms with Gasteiger partial charge in [0.05, 0.1) is 30.8 Å². The number of fused-ring (bicyclic) bond motifs is 3. The van der Waals surface area contributed by atoms with Crippen molar-refractivity contribution in [2.45, 2.75) is 6.04 Å². The van der Waals surface area contributed by atoms with Crippen LogP contribution in [-0.4, -0.2) is 23.8 Å². The fraction of sp³-hybridized carbons (Fsp3) is 0.158. The molecule has 0 spiro atoms. The third-order valence-corrected chi connectivity index (χ3v) is 4.51. The van der Waals surface area contributed by atoms with Crippen molar-refractivity contribution in [1.29, 1.82) is 5.26 Å². The van der Waals surface area contributed by atoms with Gasteiger partial charge in [0.25, 0.3) is 0 Å². The average Bonchev–Trinajstić information content (AvgIpc) is 3.03. The van der Waals surface area contributed by atoms with E-state index in [2.05, 4.69) is 16.4 Å². The number of imidazole rings is 1. The van der Waals surface area contributed by atoms with Crippen LogP contribution in [-0.2, 0) is 0 Å². The first-order valence-electron chi connectivity index (χ1n) is 8.04. The van der Waals surface area contributed by atoms with Crippen LogP contribution in [0.3, 0.4) is 0 Å². The minimum Gasteiger partial charge on any atom is -0.493 e. The lowest BCUT2D eigenvalue weighted by Crippen LogP contribution is -2.28. The van der Waals surface area contributed by atoms with Crippen molar-refractivity contribution in [3.63, 3.8) is 0 Å². The van der Waals surface area contributed by atoms with Gasteiger partial charge in [-0.25, -0.2) is 4.98 Å². The van der Waals surface area contributed by atoms with Crippen molar-refractivity contribution in [2.75, 3.05) is 19.5 Å². The molecule has 0 unspecified atom stereocenters. The van der Waals surface area contributed by atoms with Crippen molar-refractivity contribution < 1.29 is 9.47 Å². The Labute approximate surface area is 150 Å². The lowest BCUT2D eigenvalue weighted by Gasteiger charge is -2.29. The molecule has 0 saturated heterocycles. The quantitative estimate of drug-likeness (QED) is 0.756. The smallest absolute Gasteiger partial charge is 0.210 e. The van der Waals surface area contributed by atoms with Crippen molar-refractivity contribution in [3.8, 4) is 17.6 Å². The highest BCUT2D eigenvalue weighted by Gasteiger charge is 2.33. The summed E-state index contributed by atoms with van der Waals surface area (Å²) in [6, 6.07) is 15.1. The first-order valence-corrected chi connectivity index (χ1v) is 8.04. The van der Waals surface area contributed by atoms with E-state index in [0.29, 0.717) is 23.0 Å². The van der Waals surface area contributed by atoms with E-state index in [9.17, 15) is 5.26 Å². The maximum atomic E-state index is 9.78. The molecule has 1 aromatic heterocycles. The SMILES string of the molecule is COc1cccc([C@@H]2C(C#N)=C(N)Nc3nc4ccccc4n32)c1OC. The third-order valence-electron chi connectivity index (χ3n) is 4.51. The van der Waals surface area contributed by atoms with Gasteiger partial charge in [0.1, 0.15) is 17.9 Å². The van der Waals surface area contributed by atoms with Crippen molar-refractivity contribution in [1.82, 2.24) is 9.55 Å². The van der Waals surface area contributed by atoms with Gasteiger partial charge in [0, 0.05) is 5.56 Å². The fourth-order valence-corrected chi connectivity index (χ4v) is 3.40. The Morgan fingerprint density at radius 1 is 1.15 bits per heavy atom. The summed E-state index contributed by atoms with van der Waals surface area (Å²) in [5.74, 6) is 2.01. The molecule has 3 N–H and O–H groups in total. The molecule has 0 saturated carbocycles. The maximum absolute atomic E-state index is 9.78. The van der Waals surface area contributed by atoms with E-state index in [1.165, 1.54) is 0 Å². The van der Waals surface area contributed by atoms with Gasteiger partial charge in [-0.15, -0.1) is 0 Å². The first-order chi connectivity index (χ1) is 12.7. The zero-order valence-corrected chi connectivity index (χ0v) is 14.4. The number of aromatic nitrogens is 2. The minimum absolute atomic E-state index is 0.283. The topological polar surface area (TPSA) is 98.1 Å². The number of nitriles is 1. The summed E-state index contributed by atoms with van der Waals surface area (Å²) in [6.07, 6.45) is 0. The standard InChI is InChI=1S/C19H17N5O2/c1-25-15-9-5-6-11(17(15)26-2)16-12(10-20)18(21)23-19-22-13-7-3-4-8-14(13)24(16)19/h3-9,16H,21H2,1-2H3,(H,22,23)/t16-/m1/s1. The molecule has 4 rings (SSSR count). The molecule has 1 aliphatic heterocycles. The number of nitrogens with two attached hydrogens (primary N) is 1. The van der Waals surface area contributed by atoms with Crippen LogP contribution in [0.15, 0.2) is 53.9 Å². The highest BCUT2D eigenvalue weighted by atomic mass is 16.5. The number of anilines is 1. The van der Waals surface area contributed by atoms with E-state index in [-0.39, 0.29) is 5.82 Å². The lowest BCUT2D eigenvalue weighted by atomic mass is 9.96. The maximum Gasteiger partial charge on any atom is 0.210 e. The predicted molar refractivity (Wildman–Crippen MR) is 97.9 cm³/mol. The van der Waals surface area contributed by atoms with Gasteiger partial charge >= 0.3 is 0 Å². The minimum atomic E-state index is -0.478. The van der Waals surface area contributed by atoms with Crippen molar-refractivity contribution >= 4 is 17.0 Å². The summed E-state index contributed by atoms with van der Waals surface area (Å²) >= 11 is 0. The number of methoxy groups -OCH3 is 2. The van der Waals surface area contributed by atoms with E-state index < -0.39 is 6.04 Å². The Balaban J connectivity index is 2.06. The van der Waals surface area contributed by atoms with E-state index >= 15 is 0 Å². The fourth-order valence-electron chi connectivity index (χ4n) is 3.40. The van der Waals surface area contributed by atoms with Crippen LogP contribution in [0.1, 0.15) is 11.6 Å². The summed E-state index contributed by atoms with van der Waals surface area (Å²) in [6.45, 7) is 0. The van der Waals surface area contributed by atoms with E-state index in [0.717, 1.165) is 16.6 Å². The second-order valence-corrected chi connectivity index (χ2v) is 5.84. The van der Waals surface area contributed by atoms with Gasteiger partial charge < -0.3 is 20.5 Å². The number of rotatable bonds is 3. The molecule has 0 aliphatic carbocycles. The molecule has 1 atom stereocenters. The molecule has 0 bridgehead atoms. The van der Waals surface area contributed by atoms with Gasteiger partial charge in [0.2, 0.25) is 5.95 Å². The third kappa shape index (κ3) is 2.16. The van der Waals surface area contributed by atoms with Crippen LogP contribution in [0.5, 0.6) is 11.5 Å². The molecule has 3 aromatic rings. The highest BCUT2D eigenvalue weighted by molar-refractivity contribution is 5.81. The number of benzene rings is 2. The number of nitrogens with one attached hydrogen (secondary N) is 1. The number of para-hydroxylation sites is 3. The summed E-state index contributed by atoms with van der Waals surface area (Å²) in [5, 5.41) is 12.8. The molecular formula is C19H17N5O2. The van der Waals surface area contributed by atoms with Crippen LogP contribution in [0.4, 0.5) is 5.95 Å². The molecule has 130 valence electrons. The van der Waals surface area contributed by atoms with Crippen LogP contribution < -0.4 is 20.5 Å². The molecule has 1 aliphatic rings. The van der Waals surface area contributed by atoms with Crippen LogP contribution >= 0.6 is 0 Å². The summed E-state index contributed by atoms with van der Waals surface area (Å²) in [4.78, 5) is 4.60. The summed E-state index contributed by atoms with van der Waals surface area (Å²) in [7, 11) is 3.16. The number of hydrogen-bond donors (Lipinski definition) is 2. The van der Waals surface area contributed by atoms with Crippen LogP contribution in [0.2, 0.25) is 0 Å². The average molecular weight is 347 g/mol. The lowest BCUT2D eigenvalue weighted by molar-refractivity contribution is 0.349. The number of hydrogen-bond acceptors (Lipinski definition) is 6. The molecular weight excluding hydrogens is 330 g/mol. The molecule has 7 heteroatoms. The van der Waals surface area contributed by atoms with E-state index in [1.807, 2.05) is 47.0 Å². The predicted octanol–water partition coefficient (Wildman–Crippen LogP) is 2.76. The second kappa shape index (κ2) is 6.01. The molecule has 0 amide bonds. The van der Waals surface area contributed by atoms with Crippen molar-refractivity contribution in [2.24, 2.45) is 5.73 Å². The Kier molecular flexibility index (Phi) is 3.66. The second-order valence-electron chi connectivity index (χ2n) is 5.84. The van der Waals surface area contributed by atoms with Crippen molar-refractivity contribution in [3.05, 3.63) is 59.4 Å². The number of nitrogens with zero attached hydrogens (tertiary/aromatic N) is 3. The normalized spacial score (nSPS) is 16.0. The number of allylic oxidation sites excluding steroid dienone is 1. The highest BCUT2D eigenvalue weighted by Crippen LogP contribution is 2.43. The van der Waals surface area contributed by atoms with Gasteiger partial charge in [-0.3, -0.25) is 4.57 Å². The molecule has 2 heterocycles. The Bertz CT molecular complexity index is 1080. The van der Waals surface area contributed by atoms with E-state index in [1.54, 1.807) is 14.2 Å². The Morgan fingerprint density at radius 2 is 1.96 bits per heavy atom. The van der Waals surface area contributed by atoms with Gasteiger partial charge in [-0.1, -0.05) is 24.3 Å². The van der Waals surface area contributed by atoms with Crippen LogP contribution in [0, 0.1) is 11.3 Å². The summed E-state index contributed by atoms with van der Waals surface area (Å²) in [5.41, 5.74) is 9.01. The Morgan fingerprint density at radius 3 is 2.69 bits per heavy atom. The summed E-state index contributed by atoms with van der Waals surface area (Å²) < 4.78 is 13.0. The molecule has 0 radical (unpaired) electrons. The van der Waals surface area contributed by atoms with E-state index in [4.69, 9.17) is 15.2 Å². The zero-order valence-electron chi connectivity index (χ0n) is 14.4. The largest absolute Gasteiger partial charge is 0.493 e. The van der Waals surface area contributed by atoms with Gasteiger partial charge in [0.15, 0.2) is 11.5 Å².